The van der Waals surface area contributed by atoms with Crippen LogP contribution >= 0.6 is 0 Å². The summed E-state index contributed by atoms with van der Waals surface area (Å²) in [5.74, 6) is -0.698. The summed E-state index contributed by atoms with van der Waals surface area (Å²) in [6, 6.07) is 0. The Bertz CT molecular complexity index is 225. The maximum absolute atomic E-state index is 11.0. The monoisotopic (exact) mass is 202 g/mol. The summed E-state index contributed by atoms with van der Waals surface area (Å²) in [6.45, 7) is 3.61. The number of rotatable bonds is 3. The van der Waals surface area contributed by atoms with Crippen molar-refractivity contribution < 1.29 is 23.8 Å². The summed E-state index contributed by atoms with van der Waals surface area (Å²) >= 11 is 0. The fourth-order valence-electron chi connectivity index (χ4n) is 1.20. The van der Waals surface area contributed by atoms with Crippen molar-refractivity contribution in [3.05, 3.63) is 0 Å². The Balaban J connectivity index is 2.42. The zero-order chi connectivity index (χ0) is 10.6. The third kappa shape index (κ3) is 2.99. The van der Waals surface area contributed by atoms with Gasteiger partial charge >= 0.3 is 11.9 Å². The molecule has 80 valence electrons. The van der Waals surface area contributed by atoms with Crippen LogP contribution in [0.15, 0.2) is 0 Å². The van der Waals surface area contributed by atoms with Crippen LogP contribution in [0.2, 0.25) is 0 Å². The van der Waals surface area contributed by atoms with Gasteiger partial charge in [0.05, 0.1) is 13.2 Å². The highest BCUT2D eigenvalue weighted by atomic mass is 16.6. The second-order valence-corrected chi connectivity index (χ2v) is 3.07. The molecule has 0 aromatic carbocycles. The Labute approximate surface area is 82.3 Å². The highest BCUT2D eigenvalue weighted by Gasteiger charge is 2.33. The highest BCUT2D eigenvalue weighted by molar-refractivity contribution is 5.69. The molecule has 1 saturated heterocycles. The zero-order valence-corrected chi connectivity index (χ0v) is 8.32. The second-order valence-electron chi connectivity index (χ2n) is 3.07. The first-order valence-corrected chi connectivity index (χ1v) is 4.58. The first kappa shape index (κ1) is 11.0. The molecule has 0 spiro atoms. The van der Waals surface area contributed by atoms with E-state index in [1.807, 2.05) is 0 Å². The van der Waals surface area contributed by atoms with Crippen molar-refractivity contribution >= 4 is 11.9 Å². The summed E-state index contributed by atoms with van der Waals surface area (Å²) in [5, 5.41) is 0. The van der Waals surface area contributed by atoms with E-state index in [0.717, 1.165) is 0 Å². The Morgan fingerprint density at radius 2 is 1.86 bits per heavy atom. The summed E-state index contributed by atoms with van der Waals surface area (Å²) in [4.78, 5) is 21.7. The van der Waals surface area contributed by atoms with Crippen LogP contribution < -0.4 is 0 Å². The van der Waals surface area contributed by atoms with Gasteiger partial charge in [0.25, 0.3) is 0 Å². The summed E-state index contributed by atoms with van der Waals surface area (Å²) in [7, 11) is 0. The molecule has 1 aliphatic heterocycles. The number of hydrogen-bond donors (Lipinski definition) is 0. The van der Waals surface area contributed by atoms with Gasteiger partial charge in [0.1, 0.15) is 0 Å². The highest BCUT2D eigenvalue weighted by Crippen LogP contribution is 2.14. The van der Waals surface area contributed by atoms with Crippen LogP contribution in [0, 0.1) is 0 Å². The Kier molecular flexibility index (Phi) is 3.88. The van der Waals surface area contributed by atoms with Gasteiger partial charge in [-0.05, 0) is 0 Å². The van der Waals surface area contributed by atoms with E-state index < -0.39 is 18.2 Å². The van der Waals surface area contributed by atoms with E-state index in [2.05, 4.69) is 0 Å². The van der Waals surface area contributed by atoms with Crippen LogP contribution in [0.5, 0.6) is 0 Å². The molecular weight excluding hydrogens is 188 g/mol. The molecule has 0 N–H and O–H groups in total. The molecule has 0 aliphatic carbocycles. The van der Waals surface area contributed by atoms with Crippen molar-refractivity contribution in [2.45, 2.75) is 32.5 Å². The van der Waals surface area contributed by atoms with E-state index >= 15 is 0 Å². The van der Waals surface area contributed by atoms with Crippen LogP contribution in [0.1, 0.15) is 20.3 Å². The van der Waals surface area contributed by atoms with E-state index in [1.54, 1.807) is 6.92 Å². The average molecular weight is 202 g/mol. The van der Waals surface area contributed by atoms with Gasteiger partial charge in [-0.3, -0.25) is 9.59 Å². The largest absolute Gasteiger partial charge is 0.456 e. The van der Waals surface area contributed by atoms with Gasteiger partial charge in [-0.2, -0.15) is 0 Å². The van der Waals surface area contributed by atoms with Crippen molar-refractivity contribution in [2.24, 2.45) is 0 Å². The topological polar surface area (TPSA) is 61.8 Å². The predicted molar refractivity (Wildman–Crippen MR) is 46.5 cm³/mol. The lowest BCUT2D eigenvalue weighted by atomic mass is 10.2. The molecule has 0 aromatic heterocycles. The minimum absolute atomic E-state index is 0.293. The molecule has 0 radical (unpaired) electrons. The van der Waals surface area contributed by atoms with Crippen LogP contribution in [-0.2, 0) is 23.8 Å². The van der Waals surface area contributed by atoms with Gasteiger partial charge in [-0.1, -0.05) is 6.92 Å². The first-order chi connectivity index (χ1) is 6.63. The molecule has 5 nitrogen and oxygen atoms in total. The molecule has 0 amide bonds. The zero-order valence-electron chi connectivity index (χ0n) is 8.32. The Morgan fingerprint density at radius 1 is 1.29 bits per heavy atom. The minimum atomic E-state index is -0.456. The van der Waals surface area contributed by atoms with Crippen molar-refractivity contribution in [1.82, 2.24) is 0 Å². The molecule has 14 heavy (non-hydrogen) atoms. The van der Waals surface area contributed by atoms with Crippen molar-refractivity contribution in [2.75, 3.05) is 13.2 Å². The van der Waals surface area contributed by atoms with Gasteiger partial charge in [-0.25, -0.2) is 0 Å². The third-order valence-electron chi connectivity index (χ3n) is 1.87. The van der Waals surface area contributed by atoms with Crippen LogP contribution in [0.4, 0.5) is 0 Å². The molecule has 1 aliphatic rings. The lowest BCUT2D eigenvalue weighted by Crippen LogP contribution is -2.33. The molecule has 1 fully saturated rings. The number of hydrogen-bond acceptors (Lipinski definition) is 5. The van der Waals surface area contributed by atoms with Gasteiger partial charge < -0.3 is 14.2 Å². The molecule has 1 heterocycles. The normalized spacial score (nSPS) is 25.9. The van der Waals surface area contributed by atoms with Crippen LogP contribution in [0.25, 0.3) is 0 Å². The average Bonchev–Trinajstić information content (AvgIpc) is 2.52. The third-order valence-corrected chi connectivity index (χ3v) is 1.87. The van der Waals surface area contributed by atoms with Gasteiger partial charge in [0, 0.05) is 13.3 Å². The molecule has 0 bridgehead atoms. The second kappa shape index (κ2) is 4.95. The molecular formula is C9H14O5. The molecule has 2 unspecified atom stereocenters. The molecule has 0 saturated carbocycles. The SMILES string of the molecule is CCC(=O)OC1COCC1OC(C)=O. The van der Waals surface area contributed by atoms with E-state index in [1.165, 1.54) is 6.92 Å². The van der Waals surface area contributed by atoms with E-state index in [0.29, 0.717) is 19.6 Å². The Hall–Kier alpha value is -1.10. The molecule has 0 aromatic rings. The number of ether oxygens (including phenoxy) is 3. The maximum Gasteiger partial charge on any atom is 0.305 e. The smallest absolute Gasteiger partial charge is 0.305 e. The van der Waals surface area contributed by atoms with Gasteiger partial charge in [0.2, 0.25) is 0 Å². The van der Waals surface area contributed by atoms with Crippen LogP contribution in [-0.4, -0.2) is 37.4 Å². The molecule has 2 atom stereocenters. The van der Waals surface area contributed by atoms with E-state index in [-0.39, 0.29) is 5.97 Å². The lowest BCUT2D eigenvalue weighted by Gasteiger charge is -2.17. The predicted octanol–water partition coefficient (Wildman–Crippen LogP) is 0.270. The number of esters is 2. The minimum Gasteiger partial charge on any atom is -0.456 e. The fourth-order valence-corrected chi connectivity index (χ4v) is 1.20. The van der Waals surface area contributed by atoms with Crippen molar-refractivity contribution in [3.63, 3.8) is 0 Å². The maximum atomic E-state index is 11.0. The van der Waals surface area contributed by atoms with Crippen LogP contribution in [0.3, 0.4) is 0 Å². The van der Waals surface area contributed by atoms with E-state index in [4.69, 9.17) is 14.2 Å². The first-order valence-electron chi connectivity index (χ1n) is 4.58. The standard InChI is InChI=1S/C9H14O5/c1-3-9(11)14-8-5-12-4-7(8)13-6(2)10/h7-8H,3-5H2,1-2H3. The molecule has 1 rings (SSSR count). The van der Waals surface area contributed by atoms with Crippen molar-refractivity contribution in [3.8, 4) is 0 Å². The Morgan fingerprint density at radius 3 is 2.36 bits per heavy atom. The van der Waals surface area contributed by atoms with E-state index in [9.17, 15) is 9.59 Å². The number of carbonyl (C=O) groups excluding carboxylic acids is 2. The number of carbonyl (C=O) groups is 2. The summed E-state index contributed by atoms with van der Waals surface area (Å²) < 4.78 is 15.0. The van der Waals surface area contributed by atoms with Gasteiger partial charge in [-0.15, -0.1) is 0 Å². The summed E-state index contributed by atoms with van der Waals surface area (Å²) in [5.41, 5.74) is 0. The lowest BCUT2D eigenvalue weighted by molar-refractivity contribution is -0.162. The molecule has 5 heteroatoms. The van der Waals surface area contributed by atoms with Crippen molar-refractivity contribution in [1.29, 1.82) is 0 Å². The summed E-state index contributed by atoms with van der Waals surface area (Å²) in [6.07, 6.45) is -0.599. The quantitative estimate of drug-likeness (QED) is 0.615. The van der Waals surface area contributed by atoms with Gasteiger partial charge in [0.15, 0.2) is 12.2 Å². The fraction of sp³-hybridized carbons (Fsp3) is 0.778.